The van der Waals surface area contributed by atoms with Crippen molar-refractivity contribution in [1.82, 2.24) is 16.2 Å². The summed E-state index contributed by atoms with van der Waals surface area (Å²) in [7, 11) is 0. The smallest absolute Gasteiger partial charge is 0.465 e. The Morgan fingerprint density at radius 2 is 1.65 bits per heavy atom. The molecule has 0 aromatic heterocycles. The average molecular weight is 381 g/mol. The minimum atomic E-state index is -4.73. The van der Waals surface area contributed by atoms with Gasteiger partial charge in [0.15, 0.2) is 0 Å². The predicted molar refractivity (Wildman–Crippen MR) is 76.3 cm³/mol. The number of fused-ring (bicyclic) bond motifs is 2. The maximum absolute atomic E-state index is 12.1. The van der Waals surface area contributed by atoms with Crippen LogP contribution >= 0.6 is 0 Å². The van der Waals surface area contributed by atoms with Gasteiger partial charge in [-0.15, -0.1) is 13.2 Å². The Labute approximate surface area is 145 Å². The Hall–Kier alpha value is -2.08. The van der Waals surface area contributed by atoms with Gasteiger partial charge in [0.1, 0.15) is 0 Å². The fraction of sp³-hybridized carbons (Fsp3) is 0.786. The topological polar surface area (TPSA) is 126 Å². The maximum atomic E-state index is 12.1. The molecule has 0 aromatic rings. The van der Waals surface area contributed by atoms with Crippen LogP contribution in [0, 0.1) is 11.8 Å². The summed E-state index contributed by atoms with van der Waals surface area (Å²) in [5.74, 6) is -2.21. The summed E-state index contributed by atoms with van der Waals surface area (Å²) in [5, 5.41) is 11.1. The normalized spacial score (nSPS) is 35.5. The molecule has 1 saturated carbocycles. The van der Waals surface area contributed by atoms with Crippen molar-refractivity contribution < 1.29 is 42.1 Å². The van der Waals surface area contributed by atoms with Crippen molar-refractivity contribution in [2.75, 3.05) is 0 Å². The van der Waals surface area contributed by atoms with Crippen molar-refractivity contribution in [2.45, 2.75) is 56.4 Å². The van der Waals surface area contributed by atoms with Crippen molar-refractivity contribution in [2.24, 2.45) is 11.8 Å². The number of rotatable bonds is 4. The second kappa shape index (κ2) is 6.91. The highest BCUT2D eigenvalue weighted by atomic mass is 19.4. The zero-order valence-electron chi connectivity index (χ0n) is 13.4. The Kier molecular flexibility index (Phi) is 4.97. The Morgan fingerprint density at radius 3 is 2.19 bits per heavy atom. The molecule has 2 saturated heterocycles. The third-order valence-corrected chi connectivity index (χ3v) is 4.94. The number of amides is 3. The summed E-state index contributed by atoms with van der Waals surface area (Å²) in [6, 6.07) is -0.364. The van der Waals surface area contributed by atoms with Crippen LogP contribution in [0.4, 0.5) is 18.0 Å². The first-order chi connectivity index (χ1) is 12.1. The highest BCUT2D eigenvalue weighted by Gasteiger charge is 2.50. The number of ether oxygens (including phenoxy) is 2. The molecule has 3 fully saturated rings. The fourth-order valence-electron chi connectivity index (χ4n) is 3.63. The van der Waals surface area contributed by atoms with Crippen LogP contribution in [0.5, 0.6) is 0 Å². The van der Waals surface area contributed by atoms with Crippen LogP contribution in [0.1, 0.15) is 25.7 Å². The molecule has 4 unspecified atom stereocenters. The Morgan fingerprint density at radius 1 is 1.00 bits per heavy atom. The predicted octanol–water partition coefficient (Wildman–Crippen LogP) is 0.262. The van der Waals surface area contributed by atoms with Gasteiger partial charge in [0.05, 0.1) is 30.3 Å². The molecule has 12 heteroatoms. The molecular formula is C14H18F3N3O6. The zero-order valence-corrected chi connectivity index (χ0v) is 13.4. The van der Waals surface area contributed by atoms with Gasteiger partial charge in [0, 0.05) is 5.92 Å². The van der Waals surface area contributed by atoms with Gasteiger partial charge in [-0.25, -0.2) is 4.79 Å². The summed E-state index contributed by atoms with van der Waals surface area (Å²) < 4.78 is 45.4. The molecule has 3 amide bonds. The number of carbonyl (C=O) groups is 3. The van der Waals surface area contributed by atoms with Gasteiger partial charge in [-0.05, 0) is 25.7 Å². The lowest BCUT2D eigenvalue weighted by atomic mass is 9.82. The first-order valence-corrected chi connectivity index (χ1v) is 8.11. The van der Waals surface area contributed by atoms with Gasteiger partial charge >= 0.3 is 12.5 Å². The molecule has 3 aliphatic rings. The highest BCUT2D eigenvalue weighted by Crippen LogP contribution is 2.39. The quantitative estimate of drug-likeness (QED) is 0.518. The summed E-state index contributed by atoms with van der Waals surface area (Å²) in [5.41, 5.74) is 4.47. The lowest BCUT2D eigenvalue weighted by Crippen LogP contribution is -2.52. The van der Waals surface area contributed by atoms with Crippen LogP contribution in [0.3, 0.4) is 0 Å². The molecule has 146 valence electrons. The molecule has 3 rings (SSSR count). The number of hydrogen-bond donors (Lipinski definition) is 4. The molecule has 26 heavy (non-hydrogen) atoms. The monoisotopic (exact) mass is 381 g/mol. The first-order valence-electron chi connectivity index (χ1n) is 8.11. The molecule has 2 bridgehead atoms. The Balaban J connectivity index is 1.37. The molecule has 0 radical (unpaired) electrons. The maximum Gasteiger partial charge on any atom is 0.522 e. The van der Waals surface area contributed by atoms with E-state index in [1.54, 1.807) is 0 Å². The van der Waals surface area contributed by atoms with Crippen molar-refractivity contribution in [3.05, 3.63) is 0 Å². The average Bonchev–Trinajstić information content (AvgIpc) is 3.06. The molecule has 4 atom stereocenters. The Bertz CT molecular complexity index is 595. The van der Waals surface area contributed by atoms with E-state index in [-0.39, 0.29) is 18.9 Å². The minimum Gasteiger partial charge on any atom is -0.465 e. The van der Waals surface area contributed by atoms with Crippen LogP contribution in [-0.2, 0) is 19.1 Å². The number of carbonyl (C=O) groups excluding carboxylic acids is 2. The van der Waals surface area contributed by atoms with E-state index in [1.165, 1.54) is 0 Å². The summed E-state index contributed by atoms with van der Waals surface area (Å²) in [4.78, 5) is 34.6. The highest BCUT2D eigenvalue weighted by molar-refractivity contribution is 5.85. The number of hydrogen-bond acceptors (Lipinski definition) is 5. The second-order valence-electron chi connectivity index (χ2n) is 6.68. The van der Waals surface area contributed by atoms with E-state index in [1.807, 2.05) is 0 Å². The molecule has 2 aliphatic heterocycles. The summed E-state index contributed by atoms with van der Waals surface area (Å²) in [6.07, 6.45) is -7.22. The number of alkyl halides is 3. The summed E-state index contributed by atoms with van der Waals surface area (Å²) >= 11 is 0. The fourth-order valence-corrected chi connectivity index (χ4v) is 3.63. The second-order valence-corrected chi connectivity index (χ2v) is 6.68. The third kappa shape index (κ3) is 4.18. The van der Waals surface area contributed by atoms with Crippen LogP contribution < -0.4 is 16.2 Å². The lowest BCUT2D eigenvalue weighted by Gasteiger charge is -2.34. The molecule has 2 heterocycles. The van der Waals surface area contributed by atoms with Crippen molar-refractivity contribution in [3.8, 4) is 0 Å². The molecule has 0 aromatic carbocycles. The van der Waals surface area contributed by atoms with E-state index in [4.69, 9.17) is 9.84 Å². The number of carboxylic acid groups (broad SMARTS) is 1. The van der Waals surface area contributed by atoms with E-state index in [2.05, 4.69) is 20.9 Å². The van der Waals surface area contributed by atoms with Gasteiger partial charge in [-0.3, -0.25) is 25.2 Å². The van der Waals surface area contributed by atoms with Crippen molar-refractivity contribution in [3.63, 3.8) is 0 Å². The largest absolute Gasteiger partial charge is 0.522 e. The van der Waals surface area contributed by atoms with E-state index < -0.39 is 54.4 Å². The van der Waals surface area contributed by atoms with Crippen LogP contribution in [0.25, 0.3) is 0 Å². The van der Waals surface area contributed by atoms with Gasteiger partial charge in [0.25, 0.3) is 0 Å². The van der Waals surface area contributed by atoms with E-state index >= 15 is 0 Å². The van der Waals surface area contributed by atoms with Crippen molar-refractivity contribution in [1.29, 1.82) is 0 Å². The minimum absolute atomic E-state index is 0.0685. The van der Waals surface area contributed by atoms with E-state index in [0.717, 1.165) is 0 Å². The molecular weight excluding hydrogens is 363 g/mol. The zero-order chi connectivity index (χ0) is 19.1. The molecule has 1 aliphatic carbocycles. The molecule has 4 N–H and O–H groups in total. The van der Waals surface area contributed by atoms with E-state index in [9.17, 15) is 27.6 Å². The number of halogens is 3. The van der Waals surface area contributed by atoms with Gasteiger partial charge in [0.2, 0.25) is 11.8 Å². The van der Waals surface area contributed by atoms with E-state index in [0.29, 0.717) is 12.8 Å². The van der Waals surface area contributed by atoms with Crippen LogP contribution in [-0.4, -0.2) is 53.7 Å². The number of hydrazine groups is 1. The summed E-state index contributed by atoms with van der Waals surface area (Å²) in [6.45, 7) is 0. The van der Waals surface area contributed by atoms with Crippen molar-refractivity contribution >= 4 is 17.9 Å². The number of nitrogens with one attached hydrogen (secondary N) is 3. The third-order valence-electron chi connectivity index (χ3n) is 4.94. The molecule has 9 nitrogen and oxygen atoms in total. The standard InChI is InChI=1S/C14H18F3N3O6/c15-14(16,17)26-6-1-5(2-6)11(21)19-20-12(22)7-3-10-8(18-13(23)24)4-9(7)25-10/h5-10,18H,1-4H2,(H,19,21)(H,20,22)(H,23,24)/t5-,6+,7?,8?,9?,10?. The van der Waals surface area contributed by atoms with Crippen LogP contribution in [0.15, 0.2) is 0 Å². The van der Waals surface area contributed by atoms with Gasteiger partial charge in [-0.2, -0.15) is 0 Å². The van der Waals surface area contributed by atoms with Gasteiger partial charge in [-0.1, -0.05) is 0 Å². The SMILES string of the molecule is O=C(O)NC1CC2OC1CC2C(=O)NNC(=O)[C@H]1C[C@@H](OC(F)(F)F)C1. The lowest BCUT2D eigenvalue weighted by molar-refractivity contribution is -0.353. The molecule has 0 spiro atoms. The van der Waals surface area contributed by atoms with Crippen LogP contribution in [0.2, 0.25) is 0 Å². The first kappa shape index (κ1) is 18.7. The van der Waals surface area contributed by atoms with Gasteiger partial charge < -0.3 is 15.2 Å².